The molecule has 1 heterocycles. The number of nitrogens with zero attached hydrogens (tertiary/aromatic N) is 2. The molecule has 0 amide bonds. The number of hydrogen-bond acceptors (Lipinski definition) is 2. The Morgan fingerprint density at radius 3 is 2.52 bits per heavy atom. The first-order chi connectivity index (χ1) is 10.8. The fourth-order valence-electron chi connectivity index (χ4n) is 2.77. The van der Waals surface area contributed by atoms with Gasteiger partial charge < -0.3 is 11.1 Å². The van der Waals surface area contributed by atoms with Gasteiger partial charge in [0.05, 0.1) is 6.54 Å². The maximum absolute atomic E-state index is 5.92. The van der Waals surface area contributed by atoms with Gasteiger partial charge in [-0.15, -0.1) is 24.0 Å². The van der Waals surface area contributed by atoms with E-state index in [0.717, 1.165) is 31.7 Å². The van der Waals surface area contributed by atoms with Gasteiger partial charge in [-0.1, -0.05) is 42.5 Å². The topological polar surface area (TPSA) is 53.6 Å². The molecule has 0 saturated carbocycles. The van der Waals surface area contributed by atoms with E-state index < -0.39 is 0 Å². The number of nitrogens with two attached hydrogens (primary N) is 1. The van der Waals surface area contributed by atoms with Crippen molar-refractivity contribution < 1.29 is 0 Å². The van der Waals surface area contributed by atoms with Crippen LogP contribution in [0.2, 0.25) is 0 Å². The van der Waals surface area contributed by atoms with Crippen molar-refractivity contribution in [3.63, 3.8) is 0 Å². The summed E-state index contributed by atoms with van der Waals surface area (Å²) in [6.45, 7) is 3.76. The number of benzene rings is 2. The van der Waals surface area contributed by atoms with Crippen molar-refractivity contribution in [3.05, 3.63) is 65.7 Å². The first kappa shape index (κ1) is 17.7. The number of hydrogen-bond donors (Lipinski definition) is 2. The molecular formula is C18H23IN4. The first-order valence-corrected chi connectivity index (χ1v) is 7.72. The van der Waals surface area contributed by atoms with Crippen LogP contribution in [0.15, 0.2) is 59.6 Å². The van der Waals surface area contributed by atoms with Crippen LogP contribution in [0.5, 0.6) is 0 Å². The van der Waals surface area contributed by atoms with Gasteiger partial charge in [0.15, 0.2) is 5.96 Å². The minimum absolute atomic E-state index is 0. The highest BCUT2D eigenvalue weighted by Crippen LogP contribution is 2.17. The van der Waals surface area contributed by atoms with Crippen LogP contribution in [0, 0.1) is 0 Å². The highest BCUT2D eigenvalue weighted by Gasteiger charge is 2.14. The molecule has 1 aliphatic rings. The lowest BCUT2D eigenvalue weighted by atomic mass is 10.0. The lowest BCUT2D eigenvalue weighted by Gasteiger charge is -2.28. The van der Waals surface area contributed by atoms with Gasteiger partial charge in [-0.2, -0.15) is 0 Å². The van der Waals surface area contributed by atoms with Gasteiger partial charge in [0.2, 0.25) is 0 Å². The number of rotatable bonds is 4. The van der Waals surface area contributed by atoms with Crippen molar-refractivity contribution in [2.24, 2.45) is 10.7 Å². The number of nitrogens with one attached hydrogen (secondary N) is 1. The van der Waals surface area contributed by atoms with Gasteiger partial charge in [0.1, 0.15) is 0 Å². The van der Waals surface area contributed by atoms with Gasteiger partial charge in [-0.25, -0.2) is 0 Å². The Labute approximate surface area is 154 Å². The molecule has 5 heteroatoms. The molecule has 3 rings (SSSR count). The molecule has 2 aromatic carbocycles. The van der Waals surface area contributed by atoms with E-state index in [1.807, 2.05) is 30.3 Å². The van der Waals surface area contributed by atoms with E-state index in [2.05, 4.69) is 39.5 Å². The van der Waals surface area contributed by atoms with Crippen molar-refractivity contribution in [3.8, 4) is 0 Å². The highest BCUT2D eigenvalue weighted by molar-refractivity contribution is 14.0. The van der Waals surface area contributed by atoms with Crippen molar-refractivity contribution in [2.45, 2.75) is 13.0 Å². The molecule has 0 saturated heterocycles. The monoisotopic (exact) mass is 422 g/mol. The van der Waals surface area contributed by atoms with E-state index in [0.29, 0.717) is 12.5 Å². The molecule has 4 nitrogen and oxygen atoms in total. The van der Waals surface area contributed by atoms with Crippen molar-refractivity contribution in [2.75, 3.05) is 25.0 Å². The smallest absolute Gasteiger partial charge is 0.193 e. The molecular weight excluding hydrogens is 399 g/mol. The quantitative estimate of drug-likeness (QED) is 0.453. The normalized spacial score (nSPS) is 14.7. The number of fused-ring (bicyclic) bond motifs is 1. The average molecular weight is 422 g/mol. The van der Waals surface area contributed by atoms with E-state index in [4.69, 9.17) is 5.73 Å². The van der Waals surface area contributed by atoms with Gasteiger partial charge in [-0.3, -0.25) is 9.89 Å². The third-order valence-corrected chi connectivity index (χ3v) is 3.95. The van der Waals surface area contributed by atoms with Crippen LogP contribution in [0.3, 0.4) is 0 Å². The predicted molar refractivity (Wildman–Crippen MR) is 107 cm³/mol. The number of halogens is 1. The zero-order valence-corrected chi connectivity index (χ0v) is 15.4. The molecule has 2 aromatic rings. The molecule has 1 aliphatic heterocycles. The summed E-state index contributed by atoms with van der Waals surface area (Å²) in [5.41, 5.74) is 9.80. The van der Waals surface area contributed by atoms with Crippen LogP contribution in [0.4, 0.5) is 5.69 Å². The molecule has 0 radical (unpaired) electrons. The van der Waals surface area contributed by atoms with Crippen molar-refractivity contribution in [1.29, 1.82) is 0 Å². The summed E-state index contributed by atoms with van der Waals surface area (Å²) in [5, 5.41) is 3.10. The van der Waals surface area contributed by atoms with Crippen LogP contribution < -0.4 is 11.1 Å². The summed E-state index contributed by atoms with van der Waals surface area (Å²) in [6.07, 6.45) is 1.12. The first-order valence-electron chi connectivity index (χ1n) is 7.72. The van der Waals surface area contributed by atoms with Gasteiger partial charge in [-0.05, 0) is 29.7 Å². The second-order valence-electron chi connectivity index (χ2n) is 5.55. The van der Waals surface area contributed by atoms with E-state index >= 15 is 0 Å². The summed E-state index contributed by atoms with van der Waals surface area (Å²) in [5.74, 6) is 0.476. The lowest BCUT2D eigenvalue weighted by Crippen LogP contribution is -2.33. The van der Waals surface area contributed by atoms with E-state index in [1.165, 1.54) is 11.1 Å². The third-order valence-electron chi connectivity index (χ3n) is 3.95. The predicted octanol–water partition coefficient (Wildman–Crippen LogP) is 3.09. The Hall–Kier alpha value is -1.60. The molecule has 0 fully saturated rings. The second kappa shape index (κ2) is 8.88. The SMILES string of the molecule is I.NC(=NCCN1CCc2ccccc2C1)Nc1ccccc1. The molecule has 0 spiro atoms. The Morgan fingerprint density at radius 2 is 1.74 bits per heavy atom. The maximum atomic E-state index is 5.92. The standard InChI is InChI=1S/C18H22N4.HI/c19-18(21-17-8-2-1-3-9-17)20-11-13-22-12-10-15-6-4-5-7-16(15)14-22;/h1-9H,10-14H2,(H3,19,20,21);1H. The van der Waals surface area contributed by atoms with Crippen LogP contribution in [-0.4, -0.2) is 30.5 Å². The van der Waals surface area contributed by atoms with Crippen LogP contribution in [0.1, 0.15) is 11.1 Å². The summed E-state index contributed by atoms with van der Waals surface area (Å²) >= 11 is 0. The largest absolute Gasteiger partial charge is 0.370 e. The summed E-state index contributed by atoms with van der Waals surface area (Å²) in [6, 6.07) is 18.6. The van der Waals surface area contributed by atoms with Gasteiger partial charge >= 0.3 is 0 Å². The number of guanidine groups is 1. The van der Waals surface area contributed by atoms with Crippen LogP contribution in [0.25, 0.3) is 0 Å². The molecule has 3 N–H and O–H groups in total. The summed E-state index contributed by atoms with van der Waals surface area (Å²) < 4.78 is 0. The van der Waals surface area contributed by atoms with Crippen molar-refractivity contribution >= 4 is 35.6 Å². The zero-order chi connectivity index (χ0) is 15.2. The zero-order valence-electron chi connectivity index (χ0n) is 13.1. The highest BCUT2D eigenvalue weighted by atomic mass is 127. The van der Waals surface area contributed by atoms with E-state index in [-0.39, 0.29) is 24.0 Å². The van der Waals surface area contributed by atoms with Gasteiger partial charge in [0.25, 0.3) is 0 Å². The van der Waals surface area contributed by atoms with E-state index in [9.17, 15) is 0 Å². The van der Waals surface area contributed by atoms with Crippen LogP contribution >= 0.6 is 24.0 Å². The van der Waals surface area contributed by atoms with Crippen LogP contribution in [-0.2, 0) is 13.0 Å². The number of anilines is 1. The Morgan fingerprint density at radius 1 is 1.04 bits per heavy atom. The number of para-hydroxylation sites is 1. The lowest BCUT2D eigenvalue weighted by molar-refractivity contribution is 0.262. The minimum atomic E-state index is 0. The third kappa shape index (κ3) is 5.21. The van der Waals surface area contributed by atoms with Gasteiger partial charge in [0, 0.05) is 25.3 Å². The molecule has 0 bridgehead atoms. The summed E-state index contributed by atoms with van der Waals surface area (Å²) in [4.78, 5) is 6.84. The summed E-state index contributed by atoms with van der Waals surface area (Å²) in [7, 11) is 0. The second-order valence-corrected chi connectivity index (χ2v) is 5.55. The van der Waals surface area contributed by atoms with E-state index in [1.54, 1.807) is 0 Å². The molecule has 122 valence electrons. The molecule has 0 unspecified atom stereocenters. The molecule has 0 atom stereocenters. The fraction of sp³-hybridized carbons (Fsp3) is 0.278. The minimum Gasteiger partial charge on any atom is -0.370 e. The molecule has 23 heavy (non-hydrogen) atoms. The Kier molecular flexibility index (Phi) is 6.85. The number of aliphatic imine (C=N–C) groups is 1. The maximum Gasteiger partial charge on any atom is 0.193 e. The van der Waals surface area contributed by atoms with Crippen molar-refractivity contribution in [1.82, 2.24) is 4.90 Å². The Bertz CT molecular complexity index is 642. The molecule has 0 aliphatic carbocycles. The average Bonchev–Trinajstić information content (AvgIpc) is 2.55. The molecule has 0 aromatic heterocycles. The Balaban J connectivity index is 0.00000192. The fourth-order valence-corrected chi connectivity index (χ4v) is 2.77.